The summed E-state index contributed by atoms with van der Waals surface area (Å²) in [6.07, 6.45) is 11.0. The molecule has 0 radical (unpaired) electrons. The SMILES string of the molecule is CC(C)=CCCC(C)(O)C1=CCCCC1. The average molecular weight is 208 g/mol. The highest BCUT2D eigenvalue weighted by molar-refractivity contribution is 5.17. The summed E-state index contributed by atoms with van der Waals surface area (Å²) in [6.45, 7) is 6.17. The van der Waals surface area contributed by atoms with E-state index >= 15 is 0 Å². The van der Waals surface area contributed by atoms with E-state index < -0.39 is 5.60 Å². The zero-order valence-electron chi connectivity index (χ0n) is 10.3. The second kappa shape index (κ2) is 5.50. The molecule has 0 aromatic carbocycles. The first-order chi connectivity index (χ1) is 7.02. The molecule has 1 atom stereocenters. The smallest absolute Gasteiger partial charge is 0.0831 e. The summed E-state index contributed by atoms with van der Waals surface area (Å²) >= 11 is 0. The van der Waals surface area contributed by atoms with Gasteiger partial charge in [-0.05, 0) is 64.9 Å². The van der Waals surface area contributed by atoms with Gasteiger partial charge in [0.05, 0.1) is 5.60 Å². The molecule has 15 heavy (non-hydrogen) atoms. The van der Waals surface area contributed by atoms with Crippen LogP contribution in [0, 0.1) is 0 Å². The van der Waals surface area contributed by atoms with E-state index in [1.165, 1.54) is 24.0 Å². The molecule has 1 nitrogen and oxygen atoms in total. The molecule has 0 saturated carbocycles. The highest BCUT2D eigenvalue weighted by Crippen LogP contribution is 2.30. The quantitative estimate of drug-likeness (QED) is 0.693. The van der Waals surface area contributed by atoms with E-state index in [2.05, 4.69) is 26.0 Å². The zero-order chi connectivity index (χ0) is 11.3. The molecule has 1 rings (SSSR count). The molecule has 0 amide bonds. The second-order valence-electron chi connectivity index (χ2n) is 5.07. The molecule has 86 valence electrons. The van der Waals surface area contributed by atoms with Gasteiger partial charge in [0.15, 0.2) is 0 Å². The first-order valence-corrected chi connectivity index (χ1v) is 6.07. The van der Waals surface area contributed by atoms with Gasteiger partial charge in [0.1, 0.15) is 0 Å². The standard InChI is InChI=1S/C14H24O/c1-12(2)8-7-11-14(3,15)13-9-5-4-6-10-13/h8-9,15H,4-7,10-11H2,1-3H3. The van der Waals surface area contributed by atoms with Gasteiger partial charge >= 0.3 is 0 Å². The van der Waals surface area contributed by atoms with Crippen LogP contribution < -0.4 is 0 Å². The van der Waals surface area contributed by atoms with Crippen LogP contribution >= 0.6 is 0 Å². The Morgan fingerprint density at radius 3 is 2.73 bits per heavy atom. The molecule has 1 aliphatic carbocycles. The van der Waals surface area contributed by atoms with Gasteiger partial charge in [-0.1, -0.05) is 17.7 Å². The third kappa shape index (κ3) is 4.21. The number of hydrogen-bond donors (Lipinski definition) is 1. The molecule has 0 heterocycles. The van der Waals surface area contributed by atoms with Crippen molar-refractivity contribution in [1.82, 2.24) is 0 Å². The van der Waals surface area contributed by atoms with Crippen LogP contribution in [0.5, 0.6) is 0 Å². The second-order valence-corrected chi connectivity index (χ2v) is 5.07. The van der Waals surface area contributed by atoms with Gasteiger partial charge in [-0.25, -0.2) is 0 Å². The highest BCUT2D eigenvalue weighted by atomic mass is 16.3. The van der Waals surface area contributed by atoms with Gasteiger partial charge in [0, 0.05) is 0 Å². The first kappa shape index (κ1) is 12.5. The third-order valence-electron chi connectivity index (χ3n) is 3.17. The van der Waals surface area contributed by atoms with Crippen molar-refractivity contribution >= 4 is 0 Å². The minimum absolute atomic E-state index is 0.577. The van der Waals surface area contributed by atoms with Crippen LogP contribution in [0.15, 0.2) is 23.3 Å². The van der Waals surface area contributed by atoms with Crippen molar-refractivity contribution in [3.8, 4) is 0 Å². The Hall–Kier alpha value is -0.560. The maximum atomic E-state index is 10.4. The molecule has 0 aromatic heterocycles. The summed E-state index contributed by atoms with van der Waals surface area (Å²) < 4.78 is 0. The predicted octanol–water partition coefficient (Wildman–Crippen LogP) is 3.98. The Bertz CT molecular complexity index is 255. The Morgan fingerprint density at radius 2 is 2.20 bits per heavy atom. The Morgan fingerprint density at radius 1 is 1.47 bits per heavy atom. The van der Waals surface area contributed by atoms with Gasteiger partial charge in [-0.2, -0.15) is 0 Å². The summed E-state index contributed by atoms with van der Waals surface area (Å²) in [6, 6.07) is 0. The molecular weight excluding hydrogens is 184 g/mol. The fourth-order valence-corrected chi connectivity index (χ4v) is 2.13. The van der Waals surface area contributed by atoms with Crippen molar-refractivity contribution < 1.29 is 5.11 Å². The number of rotatable bonds is 4. The van der Waals surface area contributed by atoms with Crippen LogP contribution in [0.2, 0.25) is 0 Å². The lowest BCUT2D eigenvalue weighted by molar-refractivity contribution is 0.0844. The molecule has 0 fully saturated rings. The van der Waals surface area contributed by atoms with E-state index in [4.69, 9.17) is 0 Å². The molecule has 1 heteroatoms. The monoisotopic (exact) mass is 208 g/mol. The lowest BCUT2D eigenvalue weighted by Gasteiger charge is -2.28. The summed E-state index contributed by atoms with van der Waals surface area (Å²) in [5.74, 6) is 0. The van der Waals surface area contributed by atoms with Crippen molar-refractivity contribution in [3.05, 3.63) is 23.3 Å². The summed E-state index contributed by atoms with van der Waals surface area (Å²) in [5.41, 5.74) is 2.02. The molecule has 1 unspecified atom stereocenters. The molecule has 0 saturated heterocycles. The van der Waals surface area contributed by atoms with Crippen molar-refractivity contribution in [2.45, 2.75) is 64.9 Å². The van der Waals surface area contributed by atoms with Gasteiger partial charge in [0.2, 0.25) is 0 Å². The van der Waals surface area contributed by atoms with Crippen LogP contribution in [0.25, 0.3) is 0 Å². The van der Waals surface area contributed by atoms with Gasteiger partial charge in [0.25, 0.3) is 0 Å². The first-order valence-electron chi connectivity index (χ1n) is 6.07. The summed E-state index contributed by atoms with van der Waals surface area (Å²) in [5, 5.41) is 10.4. The summed E-state index contributed by atoms with van der Waals surface area (Å²) in [7, 11) is 0. The molecule has 1 aliphatic rings. The van der Waals surface area contributed by atoms with Gasteiger partial charge in [-0.15, -0.1) is 0 Å². The van der Waals surface area contributed by atoms with Crippen LogP contribution in [-0.4, -0.2) is 10.7 Å². The van der Waals surface area contributed by atoms with Gasteiger partial charge < -0.3 is 5.11 Å². The van der Waals surface area contributed by atoms with E-state index in [-0.39, 0.29) is 0 Å². The highest BCUT2D eigenvalue weighted by Gasteiger charge is 2.25. The topological polar surface area (TPSA) is 20.2 Å². The molecule has 0 bridgehead atoms. The van der Waals surface area contributed by atoms with Crippen LogP contribution in [0.4, 0.5) is 0 Å². The average Bonchev–Trinajstić information content (AvgIpc) is 2.18. The Balaban J connectivity index is 2.50. The lowest BCUT2D eigenvalue weighted by atomic mass is 9.84. The van der Waals surface area contributed by atoms with Crippen molar-refractivity contribution in [1.29, 1.82) is 0 Å². The normalized spacial score (nSPS) is 20.4. The van der Waals surface area contributed by atoms with E-state index in [1.54, 1.807) is 0 Å². The minimum Gasteiger partial charge on any atom is -0.386 e. The minimum atomic E-state index is -0.577. The Kier molecular flexibility index (Phi) is 4.59. The number of hydrogen-bond acceptors (Lipinski definition) is 1. The fourth-order valence-electron chi connectivity index (χ4n) is 2.13. The van der Waals surface area contributed by atoms with E-state index in [1.807, 2.05) is 6.92 Å². The van der Waals surface area contributed by atoms with Crippen molar-refractivity contribution in [2.75, 3.05) is 0 Å². The molecule has 0 aliphatic heterocycles. The van der Waals surface area contributed by atoms with Gasteiger partial charge in [-0.3, -0.25) is 0 Å². The van der Waals surface area contributed by atoms with E-state index in [9.17, 15) is 5.11 Å². The molecule has 0 aromatic rings. The molecule has 0 spiro atoms. The maximum absolute atomic E-state index is 10.4. The number of allylic oxidation sites excluding steroid dienone is 3. The predicted molar refractivity (Wildman–Crippen MR) is 65.8 cm³/mol. The molecule has 1 N–H and O–H groups in total. The van der Waals surface area contributed by atoms with Crippen LogP contribution in [0.1, 0.15) is 59.3 Å². The Labute approximate surface area is 93.9 Å². The third-order valence-corrected chi connectivity index (χ3v) is 3.17. The maximum Gasteiger partial charge on any atom is 0.0831 e. The van der Waals surface area contributed by atoms with E-state index in [0.717, 1.165) is 25.7 Å². The van der Waals surface area contributed by atoms with Crippen LogP contribution in [0.3, 0.4) is 0 Å². The lowest BCUT2D eigenvalue weighted by Crippen LogP contribution is -2.27. The van der Waals surface area contributed by atoms with Crippen molar-refractivity contribution in [3.63, 3.8) is 0 Å². The zero-order valence-corrected chi connectivity index (χ0v) is 10.3. The summed E-state index contributed by atoms with van der Waals surface area (Å²) in [4.78, 5) is 0. The molecular formula is C14H24O. The largest absolute Gasteiger partial charge is 0.386 e. The number of aliphatic hydroxyl groups is 1. The van der Waals surface area contributed by atoms with Crippen molar-refractivity contribution in [2.24, 2.45) is 0 Å². The van der Waals surface area contributed by atoms with E-state index in [0.29, 0.717) is 0 Å². The van der Waals surface area contributed by atoms with Crippen LogP contribution in [-0.2, 0) is 0 Å². The fraction of sp³-hybridized carbons (Fsp3) is 0.714.